The molecule has 0 bridgehead atoms. The number of aromatic nitrogens is 3. The van der Waals surface area contributed by atoms with Crippen LogP contribution in [0.4, 0.5) is 0 Å². The normalized spacial score (nSPS) is 10.8. The molecule has 0 atom stereocenters. The summed E-state index contributed by atoms with van der Waals surface area (Å²) in [6.45, 7) is 4.46. The fourth-order valence-electron chi connectivity index (χ4n) is 2.68. The average Bonchev–Trinajstić information content (AvgIpc) is 3.09. The lowest BCUT2D eigenvalue weighted by atomic mass is 10.2. The van der Waals surface area contributed by atoms with Gasteiger partial charge in [0, 0.05) is 18.3 Å². The van der Waals surface area contributed by atoms with E-state index in [9.17, 15) is 9.59 Å². The number of nitrogens with one attached hydrogen (secondary N) is 1. The zero-order chi connectivity index (χ0) is 17.8. The van der Waals surface area contributed by atoms with E-state index in [1.165, 1.54) is 4.68 Å². The fourth-order valence-corrected chi connectivity index (χ4v) is 2.68. The quantitative estimate of drug-likeness (QED) is 0.738. The number of fused-ring (bicyclic) bond motifs is 1. The molecule has 2 heterocycles. The second-order valence-electron chi connectivity index (χ2n) is 5.59. The first-order valence-electron chi connectivity index (χ1n) is 8.12. The number of nitrogens with zero attached hydrogens (tertiary/aromatic N) is 3. The maximum Gasteiger partial charge on any atom is 0.291 e. The van der Waals surface area contributed by atoms with Gasteiger partial charge in [0.25, 0.3) is 5.56 Å². The van der Waals surface area contributed by atoms with Gasteiger partial charge in [-0.1, -0.05) is 18.2 Å². The first kappa shape index (κ1) is 16.8. The Balaban J connectivity index is 1.71. The molecule has 0 radical (unpaired) electrons. The molecule has 7 heteroatoms. The summed E-state index contributed by atoms with van der Waals surface area (Å²) in [6, 6.07) is 11.0. The van der Waals surface area contributed by atoms with Crippen LogP contribution in [-0.2, 0) is 17.9 Å². The molecule has 0 aliphatic rings. The van der Waals surface area contributed by atoms with Gasteiger partial charge < -0.3 is 10.1 Å². The van der Waals surface area contributed by atoms with Gasteiger partial charge in [0.05, 0.1) is 6.61 Å². The van der Waals surface area contributed by atoms with Gasteiger partial charge >= 0.3 is 0 Å². The molecule has 0 aliphatic carbocycles. The Bertz CT molecular complexity index is 958. The number of hydrogen-bond acceptors (Lipinski definition) is 4. The van der Waals surface area contributed by atoms with Gasteiger partial charge in [0.2, 0.25) is 5.91 Å². The van der Waals surface area contributed by atoms with Gasteiger partial charge in [-0.05, 0) is 32.0 Å². The van der Waals surface area contributed by atoms with Crippen LogP contribution in [0.3, 0.4) is 0 Å². The van der Waals surface area contributed by atoms with E-state index in [1.807, 2.05) is 31.2 Å². The standard InChI is InChI=1S/C18H20N4O3/c1-3-25-16-9-5-4-7-14(16)11-19-17(23)12-22-18(24)15-8-6-10-21(15)13(2)20-22/h4-10H,3,11-12H2,1-2H3,(H,19,23). The van der Waals surface area contributed by atoms with Crippen LogP contribution < -0.4 is 15.6 Å². The summed E-state index contributed by atoms with van der Waals surface area (Å²) in [4.78, 5) is 24.6. The van der Waals surface area contributed by atoms with Crippen molar-refractivity contribution in [2.24, 2.45) is 0 Å². The van der Waals surface area contributed by atoms with Gasteiger partial charge in [0.15, 0.2) is 0 Å². The van der Waals surface area contributed by atoms with Gasteiger partial charge in [0.1, 0.15) is 23.6 Å². The van der Waals surface area contributed by atoms with Crippen molar-refractivity contribution >= 4 is 11.4 Å². The summed E-state index contributed by atoms with van der Waals surface area (Å²) in [5.74, 6) is 1.11. The number of hydrogen-bond donors (Lipinski definition) is 1. The number of para-hydroxylation sites is 1. The topological polar surface area (TPSA) is 77.6 Å². The number of carbonyl (C=O) groups excluding carboxylic acids is 1. The van der Waals surface area contributed by atoms with Crippen molar-refractivity contribution in [3.63, 3.8) is 0 Å². The van der Waals surface area contributed by atoms with Gasteiger partial charge in [-0.3, -0.25) is 14.0 Å². The minimum Gasteiger partial charge on any atom is -0.494 e. The summed E-state index contributed by atoms with van der Waals surface area (Å²) in [6.07, 6.45) is 1.77. The summed E-state index contributed by atoms with van der Waals surface area (Å²) in [5.41, 5.74) is 1.10. The van der Waals surface area contributed by atoms with Crippen molar-refractivity contribution in [2.75, 3.05) is 6.61 Å². The third-order valence-electron chi connectivity index (χ3n) is 3.86. The van der Waals surface area contributed by atoms with Crippen LogP contribution in [0.25, 0.3) is 5.52 Å². The third-order valence-corrected chi connectivity index (χ3v) is 3.86. The third kappa shape index (κ3) is 3.55. The Morgan fingerprint density at radius 3 is 2.84 bits per heavy atom. The maximum absolute atomic E-state index is 12.4. The largest absolute Gasteiger partial charge is 0.494 e. The molecule has 1 aromatic carbocycles. The summed E-state index contributed by atoms with van der Waals surface area (Å²) >= 11 is 0. The van der Waals surface area contributed by atoms with Crippen LogP contribution in [0.5, 0.6) is 5.75 Å². The lowest BCUT2D eigenvalue weighted by Crippen LogP contribution is -2.34. The molecule has 0 aliphatic heterocycles. The van der Waals surface area contributed by atoms with E-state index in [-0.39, 0.29) is 18.0 Å². The van der Waals surface area contributed by atoms with Crippen molar-refractivity contribution in [2.45, 2.75) is 26.9 Å². The predicted octanol–water partition coefficient (Wildman–Crippen LogP) is 1.52. The van der Waals surface area contributed by atoms with Crippen molar-refractivity contribution in [1.29, 1.82) is 0 Å². The number of benzene rings is 1. The zero-order valence-electron chi connectivity index (χ0n) is 14.2. The second-order valence-corrected chi connectivity index (χ2v) is 5.59. The molecule has 2 aromatic heterocycles. The van der Waals surface area contributed by atoms with E-state index in [2.05, 4.69) is 10.4 Å². The van der Waals surface area contributed by atoms with Crippen LogP contribution in [-0.4, -0.2) is 26.7 Å². The van der Waals surface area contributed by atoms with E-state index >= 15 is 0 Å². The minimum atomic E-state index is -0.291. The second kappa shape index (κ2) is 7.21. The highest BCUT2D eigenvalue weighted by molar-refractivity contribution is 5.75. The molecule has 25 heavy (non-hydrogen) atoms. The molecule has 0 unspecified atom stereocenters. The van der Waals surface area contributed by atoms with Gasteiger partial charge in [-0.2, -0.15) is 5.10 Å². The number of ether oxygens (including phenoxy) is 1. The molecule has 3 aromatic rings. The predicted molar refractivity (Wildman–Crippen MR) is 93.6 cm³/mol. The average molecular weight is 340 g/mol. The number of rotatable bonds is 6. The Morgan fingerprint density at radius 2 is 2.04 bits per heavy atom. The van der Waals surface area contributed by atoms with Crippen molar-refractivity contribution in [3.05, 3.63) is 64.3 Å². The summed E-state index contributed by atoms with van der Waals surface area (Å²) in [7, 11) is 0. The van der Waals surface area contributed by atoms with E-state index < -0.39 is 0 Å². The molecular formula is C18H20N4O3. The highest BCUT2D eigenvalue weighted by atomic mass is 16.5. The molecule has 1 amide bonds. The van der Waals surface area contributed by atoms with Crippen LogP contribution in [0.2, 0.25) is 0 Å². The molecular weight excluding hydrogens is 320 g/mol. The molecule has 1 N–H and O–H groups in total. The van der Waals surface area contributed by atoms with Crippen LogP contribution in [0.15, 0.2) is 47.4 Å². The fraction of sp³-hybridized carbons (Fsp3) is 0.278. The van der Waals surface area contributed by atoms with E-state index in [0.29, 0.717) is 24.5 Å². The molecule has 0 saturated carbocycles. The Labute approximate surface area is 144 Å². The summed E-state index contributed by atoms with van der Waals surface area (Å²) in [5, 5.41) is 7.01. The SMILES string of the molecule is CCOc1ccccc1CNC(=O)Cn1nc(C)n2cccc2c1=O. The molecule has 130 valence electrons. The number of carbonyl (C=O) groups is 1. The van der Waals surface area contributed by atoms with Crippen molar-refractivity contribution in [3.8, 4) is 5.75 Å². The Kier molecular flexibility index (Phi) is 4.83. The summed E-state index contributed by atoms with van der Waals surface area (Å²) < 4.78 is 8.43. The molecule has 0 spiro atoms. The van der Waals surface area contributed by atoms with Crippen LogP contribution in [0, 0.1) is 6.92 Å². The number of aryl methyl sites for hydroxylation is 1. The van der Waals surface area contributed by atoms with Crippen molar-refractivity contribution in [1.82, 2.24) is 19.5 Å². The highest BCUT2D eigenvalue weighted by Crippen LogP contribution is 2.17. The Hall–Kier alpha value is -3.09. The molecule has 7 nitrogen and oxygen atoms in total. The van der Waals surface area contributed by atoms with Gasteiger partial charge in [-0.15, -0.1) is 0 Å². The highest BCUT2D eigenvalue weighted by Gasteiger charge is 2.11. The van der Waals surface area contributed by atoms with Gasteiger partial charge in [-0.25, -0.2) is 4.68 Å². The zero-order valence-corrected chi connectivity index (χ0v) is 14.2. The van der Waals surface area contributed by atoms with E-state index in [1.54, 1.807) is 29.7 Å². The van der Waals surface area contributed by atoms with Crippen LogP contribution >= 0.6 is 0 Å². The lowest BCUT2D eigenvalue weighted by molar-refractivity contribution is -0.122. The first-order chi connectivity index (χ1) is 12.1. The lowest BCUT2D eigenvalue weighted by Gasteiger charge is -2.12. The van der Waals surface area contributed by atoms with Crippen LogP contribution in [0.1, 0.15) is 18.3 Å². The Morgan fingerprint density at radius 1 is 1.24 bits per heavy atom. The monoisotopic (exact) mass is 340 g/mol. The van der Waals surface area contributed by atoms with Crippen molar-refractivity contribution < 1.29 is 9.53 Å². The number of amides is 1. The molecule has 3 rings (SSSR count). The maximum atomic E-state index is 12.4. The smallest absolute Gasteiger partial charge is 0.291 e. The minimum absolute atomic E-state index is 0.127. The molecule has 0 fully saturated rings. The van der Waals surface area contributed by atoms with E-state index in [4.69, 9.17) is 4.74 Å². The first-order valence-corrected chi connectivity index (χ1v) is 8.12. The van der Waals surface area contributed by atoms with E-state index in [0.717, 1.165) is 11.3 Å². The molecule has 0 saturated heterocycles.